The van der Waals surface area contributed by atoms with Gasteiger partial charge in [0.15, 0.2) is 5.69 Å². The topological polar surface area (TPSA) is 154 Å². The molecular formula is C16H15N5O5. The number of benzene rings is 1. The lowest BCUT2D eigenvalue weighted by Gasteiger charge is -2.11. The second-order valence-corrected chi connectivity index (χ2v) is 5.39. The zero-order valence-corrected chi connectivity index (χ0v) is 14.0. The molecule has 1 heterocycles. The van der Waals surface area contributed by atoms with Crippen LogP contribution in [0.4, 0.5) is 17.1 Å². The lowest BCUT2D eigenvalue weighted by atomic mass is 10.1. The number of aliphatic hydroxyl groups excluding tert-OH is 1. The SMILES string of the molecule is Cc1cc([N+](=O)[O-])ccc1N=Nc1c(C)c(C#N)c(O)n(CCO)c1=O. The maximum Gasteiger partial charge on any atom is 0.281 e. The second kappa shape index (κ2) is 7.54. The van der Waals surface area contributed by atoms with Gasteiger partial charge < -0.3 is 10.2 Å². The molecule has 2 rings (SSSR count). The van der Waals surface area contributed by atoms with E-state index in [9.17, 15) is 25.3 Å². The van der Waals surface area contributed by atoms with E-state index in [4.69, 9.17) is 5.11 Å². The Kier molecular flexibility index (Phi) is 5.44. The number of azo groups is 1. The van der Waals surface area contributed by atoms with Gasteiger partial charge in [0.05, 0.1) is 23.8 Å². The number of aromatic hydroxyl groups is 1. The van der Waals surface area contributed by atoms with Crippen molar-refractivity contribution in [1.29, 1.82) is 5.26 Å². The summed E-state index contributed by atoms with van der Waals surface area (Å²) in [6.45, 7) is 2.42. The Morgan fingerprint density at radius 3 is 2.58 bits per heavy atom. The zero-order chi connectivity index (χ0) is 19.4. The maximum atomic E-state index is 12.5. The van der Waals surface area contributed by atoms with E-state index in [1.807, 2.05) is 0 Å². The number of non-ortho nitro benzene ring substituents is 1. The number of hydrogen-bond donors (Lipinski definition) is 2. The first-order chi connectivity index (χ1) is 12.3. The average molecular weight is 357 g/mol. The molecule has 10 nitrogen and oxygen atoms in total. The van der Waals surface area contributed by atoms with Crippen LogP contribution in [-0.4, -0.2) is 26.3 Å². The highest BCUT2D eigenvalue weighted by molar-refractivity contribution is 5.57. The van der Waals surface area contributed by atoms with Crippen LogP contribution in [0.1, 0.15) is 16.7 Å². The normalized spacial score (nSPS) is 10.8. The minimum absolute atomic E-state index is 0.0978. The Hall–Kier alpha value is -3.58. The van der Waals surface area contributed by atoms with Gasteiger partial charge in [-0.2, -0.15) is 10.4 Å². The molecule has 134 valence electrons. The number of aromatic nitrogens is 1. The third kappa shape index (κ3) is 3.42. The molecule has 26 heavy (non-hydrogen) atoms. The van der Waals surface area contributed by atoms with Gasteiger partial charge in [-0.25, -0.2) is 0 Å². The number of hydrogen-bond acceptors (Lipinski definition) is 8. The number of aryl methyl sites for hydroxylation is 1. The lowest BCUT2D eigenvalue weighted by molar-refractivity contribution is -0.384. The van der Waals surface area contributed by atoms with E-state index in [2.05, 4.69) is 10.2 Å². The van der Waals surface area contributed by atoms with Crippen molar-refractivity contribution in [3.8, 4) is 11.9 Å². The monoisotopic (exact) mass is 357 g/mol. The lowest BCUT2D eigenvalue weighted by Crippen LogP contribution is -2.23. The summed E-state index contributed by atoms with van der Waals surface area (Å²) < 4.78 is 0.836. The van der Waals surface area contributed by atoms with Crippen LogP contribution in [0.2, 0.25) is 0 Å². The molecular weight excluding hydrogens is 342 g/mol. The third-order valence-corrected chi connectivity index (χ3v) is 3.74. The summed E-state index contributed by atoms with van der Waals surface area (Å²) in [5.41, 5.74) is -0.175. The summed E-state index contributed by atoms with van der Waals surface area (Å²) in [7, 11) is 0. The Morgan fingerprint density at radius 1 is 1.35 bits per heavy atom. The standard InChI is InChI=1S/C16H15N5O5/c1-9-7-11(21(25)26)3-4-13(9)18-19-14-10(2)12(8-17)15(23)20(5-6-22)16(14)24/h3-4,7,22-23H,5-6H2,1-2H3. The molecule has 0 saturated carbocycles. The molecule has 0 bridgehead atoms. The van der Waals surface area contributed by atoms with Gasteiger partial charge in [-0.05, 0) is 25.5 Å². The van der Waals surface area contributed by atoms with E-state index in [1.54, 1.807) is 13.0 Å². The number of nitro benzene ring substituents is 1. The Labute approximate surface area is 147 Å². The van der Waals surface area contributed by atoms with E-state index >= 15 is 0 Å². The first-order valence-electron chi connectivity index (χ1n) is 7.46. The molecule has 0 radical (unpaired) electrons. The molecule has 0 amide bonds. The molecule has 0 aliphatic rings. The van der Waals surface area contributed by atoms with Crippen molar-refractivity contribution in [3.63, 3.8) is 0 Å². The van der Waals surface area contributed by atoms with Gasteiger partial charge in [-0.1, -0.05) is 0 Å². The van der Waals surface area contributed by atoms with Crippen molar-refractivity contribution < 1.29 is 15.1 Å². The highest BCUT2D eigenvalue weighted by Crippen LogP contribution is 2.28. The molecule has 0 atom stereocenters. The summed E-state index contributed by atoms with van der Waals surface area (Å²) in [6.07, 6.45) is 0. The Bertz CT molecular complexity index is 1000. The van der Waals surface area contributed by atoms with Gasteiger partial charge >= 0.3 is 0 Å². The maximum absolute atomic E-state index is 12.5. The van der Waals surface area contributed by atoms with Crippen LogP contribution in [0.3, 0.4) is 0 Å². The predicted molar refractivity (Wildman–Crippen MR) is 90.9 cm³/mol. The number of nitrogens with zero attached hydrogens (tertiary/aromatic N) is 5. The fourth-order valence-corrected chi connectivity index (χ4v) is 2.33. The Balaban J connectivity index is 2.58. The molecule has 1 aromatic heterocycles. The van der Waals surface area contributed by atoms with Crippen LogP contribution in [0.15, 0.2) is 33.2 Å². The van der Waals surface area contributed by atoms with E-state index in [0.29, 0.717) is 11.3 Å². The molecule has 10 heteroatoms. The van der Waals surface area contributed by atoms with Gasteiger partial charge in [-0.15, -0.1) is 5.11 Å². The summed E-state index contributed by atoms with van der Waals surface area (Å²) in [5.74, 6) is -0.547. The van der Waals surface area contributed by atoms with E-state index in [0.717, 1.165) is 4.57 Å². The molecule has 0 fully saturated rings. The van der Waals surface area contributed by atoms with Crippen molar-refractivity contribution in [3.05, 3.63) is 55.4 Å². The van der Waals surface area contributed by atoms with Crippen molar-refractivity contribution in [2.75, 3.05) is 6.61 Å². The minimum Gasteiger partial charge on any atom is -0.493 e. The van der Waals surface area contributed by atoms with E-state index < -0.39 is 23.0 Å². The van der Waals surface area contributed by atoms with Crippen LogP contribution >= 0.6 is 0 Å². The van der Waals surface area contributed by atoms with Crippen molar-refractivity contribution >= 4 is 17.1 Å². The second-order valence-electron chi connectivity index (χ2n) is 5.39. The number of rotatable bonds is 5. The molecule has 0 saturated heterocycles. The van der Waals surface area contributed by atoms with Crippen molar-refractivity contribution in [2.45, 2.75) is 20.4 Å². The van der Waals surface area contributed by atoms with Gasteiger partial charge in [0.2, 0.25) is 5.88 Å². The van der Waals surface area contributed by atoms with Crippen LogP contribution in [0.5, 0.6) is 5.88 Å². The van der Waals surface area contributed by atoms with Gasteiger partial charge in [0.25, 0.3) is 11.2 Å². The summed E-state index contributed by atoms with van der Waals surface area (Å²) in [6, 6.07) is 5.77. The zero-order valence-electron chi connectivity index (χ0n) is 14.0. The quantitative estimate of drug-likeness (QED) is 0.475. The summed E-state index contributed by atoms with van der Waals surface area (Å²) >= 11 is 0. The van der Waals surface area contributed by atoms with Crippen LogP contribution in [0.25, 0.3) is 0 Å². The van der Waals surface area contributed by atoms with Crippen molar-refractivity contribution in [2.24, 2.45) is 10.2 Å². The summed E-state index contributed by atoms with van der Waals surface area (Å²) in [5, 5.41) is 46.8. The average Bonchev–Trinajstić information content (AvgIpc) is 2.60. The predicted octanol–water partition coefficient (Wildman–Crippen LogP) is 2.36. The van der Waals surface area contributed by atoms with Gasteiger partial charge in [0, 0.05) is 17.7 Å². The van der Waals surface area contributed by atoms with Crippen LogP contribution in [-0.2, 0) is 6.54 Å². The van der Waals surface area contributed by atoms with E-state index in [-0.39, 0.29) is 29.0 Å². The molecule has 2 aromatic rings. The number of pyridine rings is 1. The number of nitro groups is 1. The fourth-order valence-electron chi connectivity index (χ4n) is 2.33. The highest BCUT2D eigenvalue weighted by atomic mass is 16.6. The molecule has 0 spiro atoms. The number of aliphatic hydroxyl groups is 1. The summed E-state index contributed by atoms with van der Waals surface area (Å²) in [4.78, 5) is 22.7. The number of nitriles is 1. The minimum atomic E-state index is -0.712. The van der Waals surface area contributed by atoms with E-state index in [1.165, 1.54) is 25.1 Å². The molecule has 0 aliphatic heterocycles. The molecule has 0 unspecified atom stereocenters. The van der Waals surface area contributed by atoms with Gasteiger partial charge in [-0.3, -0.25) is 19.5 Å². The first kappa shape index (κ1) is 18.8. The third-order valence-electron chi connectivity index (χ3n) is 3.74. The Morgan fingerprint density at radius 2 is 2.04 bits per heavy atom. The first-order valence-corrected chi connectivity index (χ1v) is 7.46. The van der Waals surface area contributed by atoms with Gasteiger partial charge in [0.1, 0.15) is 11.6 Å². The smallest absolute Gasteiger partial charge is 0.281 e. The molecule has 2 N–H and O–H groups in total. The largest absolute Gasteiger partial charge is 0.493 e. The fraction of sp³-hybridized carbons (Fsp3) is 0.250. The highest BCUT2D eigenvalue weighted by Gasteiger charge is 2.19. The molecule has 0 aliphatic carbocycles. The van der Waals surface area contributed by atoms with Crippen LogP contribution < -0.4 is 5.56 Å². The van der Waals surface area contributed by atoms with Crippen molar-refractivity contribution in [1.82, 2.24) is 4.57 Å². The van der Waals surface area contributed by atoms with Crippen LogP contribution in [0, 0.1) is 35.3 Å². The molecule has 1 aromatic carbocycles.